The van der Waals surface area contributed by atoms with Crippen molar-refractivity contribution in [2.45, 2.75) is 6.18 Å². The molecule has 2 aromatic rings. The lowest BCUT2D eigenvalue weighted by Gasteiger charge is -2.09. The molecule has 2 N–H and O–H groups in total. The van der Waals surface area contributed by atoms with Gasteiger partial charge in [-0.1, -0.05) is 11.6 Å². The summed E-state index contributed by atoms with van der Waals surface area (Å²) >= 11 is 5.90. The molecule has 0 aliphatic carbocycles. The van der Waals surface area contributed by atoms with E-state index in [1.54, 1.807) is 0 Å². The van der Waals surface area contributed by atoms with Crippen molar-refractivity contribution in [3.63, 3.8) is 0 Å². The molecule has 1 heterocycles. The summed E-state index contributed by atoms with van der Waals surface area (Å²) in [5.41, 5.74) is 3.01. The Balaban J connectivity index is 2.21. The number of halogens is 4. The van der Waals surface area contributed by atoms with Crippen molar-refractivity contribution in [2.75, 3.05) is 19.5 Å². The van der Waals surface area contributed by atoms with E-state index in [1.165, 1.54) is 25.3 Å². The average Bonchev–Trinajstić information content (AvgIpc) is 2.88. The lowest BCUT2D eigenvalue weighted by atomic mass is 10.1. The van der Waals surface area contributed by atoms with Crippen LogP contribution in [0.5, 0.6) is 5.75 Å². The summed E-state index contributed by atoms with van der Waals surface area (Å²) < 4.78 is 49.2. The third-order valence-electron chi connectivity index (χ3n) is 3.37. The SMILES string of the molecule is COc1ccc(Cl)c(C(=O)COC(=O)c2c(C(F)(F)F)nn(C)c2N)c1. The Labute approximate surface area is 150 Å². The highest BCUT2D eigenvalue weighted by Gasteiger charge is 2.41. The largest absolute Gasteiger partial charge is 0.497 e. The number of Topliss-reactive ketones (excluding diaryl/α,β-unsaturated/α-hetero) is 1. The maximum Gasteiger partial charge on any atom is 0.436 e. The van der Waals surface area contributed by atoms with Gasteiger partial charge in [0, 0.05) is 12.6 Å². The molecule has 0 aliphatic rings. The van der Waals surface area contributed by atoms with Crippen LogP contribution < -0.4 is 10.5 Å². The third-order valence-corrected chi connectivity index (χ3v) is 3.70. The standard InChI is InChI=1S/C15H13ClF3N3O4/c1-22-13(20)11(12(21-22)15(17,18)19)14(24)26-6-10(23)8-5-7(25-2)3-4-9(8)16/h3-5H,6,20H2,1-2H3. The van der Waals surface area contributed by atoms with Crippen LogP contribution in [0.3, 0.4) is 0 Å². The zero-order valence-corrected chi connectivity index (χ0v) is 14.3. The topological polar surface area (TPSA) is 96.4 Å². The first-order chi connectivity index (χ1) is 12.1. The molecule has 26 heavy (non-hydrogen) atoms. The van der Waals surface area contributed by atoms with Gasteiger partial charge in [0.1, 0.15) is 17.1 Å². The minimum Gasteiger partial charge on any atom is -0.497 e. The van der Waals surface area contributed by atoms with Gasteiger partial charge in [-0.05, 0) is 18.2 Å². The van der Waals surface area contributed by atoms with Gasteiger partial charge in [-0.15, -0.1) is 0 Å². The van der Waals surface area contributed by atoms with Gasteiger partial charge in [0.15, 0.2) is 12.3 Å². The molecule has 11 heteroatoms. The van der Waals surface area contributed by atoms with Gasteiger partial charge < -0.3 is 15.2 Å². The Bertz CT molecular complexity index is 865. The van der Waals surface area contributed by atoms with Gasteiger partial charge >= 0.3 is 12.1 Å². The average molecular weight is 392 g/mol. The highest BCUT2D eigenvalue weighted by atomic mass is 35.5. The second-order valence-corrected chi connectivity index (χ2v) is 5.48. The normalized spacial score (nSPS) is 11.3. The van der Waals surface area contributed by atoms with Crippen molar-refractivity contribution < 1.29 is 32.2 Å². The van der Waals surface area contributed by atoms with Gasteiger partial charge in [0.2, 0.25) is 5.78 Å². The molecule has 2 rings (SSSR count). The lowest BCUT2D eigenvalue weighted by molar-refractivity contribution is -0.142. The van der Waals surface area contributed by atoms with Crippen molar-refractivity contribution >= 4 is 29.2 Å². The Morgan fingerprint density at radius 2 is 2.00 bits per heavy atom. The molecule has 1 aromatic carbocycles. The van der Waals surface area contributed by atoms with E-state index >= 15 is 0 Å². The molecule has 0 amide bonds. The molecule has 0 unspecified atom stereocenters. The molecule has 0 spiro atoms. The van der Waals surface area contributed by atoms with E-state index in [0.29, 0.717) is 10.4 Å². The number of esters is 1. The highest BCUT2D eigenvalue weighted by Crippen LogP contribution is 2.33. The number of hydrogen-bond acceptors (Lipinski definition) is 6. The van der Waals surface area contributed by atoms with Gasteiger partial charge in [-0.25, -0.2) is 4.79 Å². The van der Waals surface area contributed by atoms with E-state index in [1.807, 2.05) is 0 Å². The van der Waals surface area contributed by atoms with Crippen LogP contribution in [-0.2, 0) is 18.0 Å². The first-order valence-electron chi connectivity index (χ1n) is 6.99. The fourth-order valence-corrected chi connectivity index (χ4v) is 2.29. The van der Waals surface area contributed by atoms with E-state index in [0.717, 1.165) is 7.05 Å². The summed E-state index contributed by atoms with van der Waals surface area (Å²) in [7, 11) is 2.52. The molecule has 1 aromatic heterocycles. The van der Waals surface area contributed by atoms with Crippen LogP contribution in [0.15, 0.2) is 18.2 Å². The molecule has 0 fully saturated rings. The summed E-state index contributed by atoms with van der Waals surface area (Å²) in [4.78, 5) is 24.2. The number of hydrogen-bond donors (Lipinski definition) is 1. The number of ketones is 1. The van der Waals surface area contributed by atoms with Crippen molar-refractivity contribution in [1.29, 1.82) is 0 Å². The predicted octanol–water partition coefficient (Wildman–Crippen LogP) is 2.72. The minimum atomic E-state index is -4.91. The van der Waals surface area contributed by atoms with Crippen LogP contribution in [0.25, 0.3) is 0 Å². The molecular formula is C15H13ClF3N3O4. The van der Waals surface area contributed by atoms with Gasteiger partial charge in [-0.2, -0.15) is 18.3 Å². The third kappa shape index (κ3) is 3.90. The molecule has 7 nitrogen and oxygen atoms in total. The second-order valence-electron chi connectivity index (χ2n) is 5.08. The number of ether oxygens (including phenoxy) is 2. The van der Waals surface area contributed by atoms with E-state index in [4.69, 9.17) is 22.1 Å². The van der Waals surface area contributed by atoms with Gasteiger partial charge in [0.05, 0.1) is 12.1 Å². The molecule has 0 radical (unpaired) electrons. The first kappa shape index (κ1) is 19.6. The molecule has 0 saturated heterocycles. The summed E-state index contributed by atoms with van der Waals surface area (Å²) in [5.74, 6) is -2.34. The maximum absolute atomic E-state index is 13.0. The van der Waals surface area contributed by atoms with Crippen molar-refractivity contribution in [3.8, 4) is 5.75 Å². The smallest absolute Gasteiger partial charge is 0.436 e. The van der Waals surface area contributed by atoms with Crippen LogP contribution in [0.4, 0.5) is 19.0 Å². The number of carbonyl (C=O) groups is 2. The fraction of sp³-hybridized carbons (Fsp3) is 0.267. The number of aromatic nitrogens is 2. The zero-order valence-electron chi connectivity index (χ0n) is 13.6. The monoisotopic (exact) mass is 391 g/mol. The van der Waals surface area contributed by atoms with E-state index in [2.05, 4.69) is 9.84 Å². The maximum atomic E-state index is 13.0. The Hall–Kier alpha value is -2.75. The first-order valence-corrected chi connectivity index (χ1v) is 7.37. The second kappa shape index (κ2) is 7.24. The number of nitrogens with two attached hydrogens (primary N) is 1. The summed E-state index contributed by atoms with van der Waals surface area (Å²) in [6.45, 7) is -0.836. The number of anilines is 1. The number of carbonyl (C=O) groups excluding carboxylic acids is 2. The Morgan fingerprint density at radius 3 is 2.58 bits per heavy atom. The number of aryl methyl sites for hydroxylation is 1. The minimum absolute atomic E-state index is 0.00554. The molecule has 140 valence electrons. The number of methoxy groups -OCH3 is 1. The summed E-state index contributed by atoms with van der Waals surface area (Å²) in [5, 5.41) is 3.24. The number of benzene rings is 1. The molecule has 0 aliphatic heterocycles. The van der Waals surface area contributed by atoms with Crippen LogP contribution >= 0.6 is 11.6 Å². The summed E-state index contributed by atoms with van der Waals surface area (Å²) in [6, 6.07) is 4.23. The Kier molecular flexibility index (Phi) is 5.45. The molecule has 0 atom stereocenters. The molecule has 0 saturated carbocycles. The van der Waals surface area contributed by atoms with E-state index in [-0.39, 0.29) is 10.6 Å². The fourth-order valence-electron chi connectivity index (χ4n) is 2.06. The van der Waals surface area contributed by atoms with Crippen LogP contribution in [0.2, 0.25) is 5.02 Å². The van der Waals surface area contributed by atoms with Crippen LogP contribution in [-0.4, -0.2) is 35.2 Å². The lowest BCUT2D eigenvalue weighted by Crippen LogP contribution is -2.19. The molecule has 0 bridgehead atoms. The number of rotatable bonds is 5. The van der Waals surface area contributed by atoms with Crippen molar-refractivity contribution in [3.05, 3.63) is 40.0 Å². The Morgan fingerprint density at radius 1 is 1.35 bits per heavy atom. The van der Waals surface area contributed by atoms with Crippen molar-refractivity contribution in [1.82, 2.24) is 9.78 Å². The number of nitrogen functional groups attached to an aromatic ring is 1. The number of alkyl halides is 3. The van der Waals surface area contributed by atoms with E-state index < -0.39 is 41.6 Å². The van der Waals surface area contributed by atoms with Gasteiger partial charge in [0.25, 0.3) is 0 Å². The van der Waals surface area contributed by atoms with Crippen molar-refractivity contribution in [2.24, 2.45) is 7.05 Å². The zero-order chi connectivity index (χ0) is 19.6. The quantitative estimate of drug-likeness (QED) is 0.622. The summed E-state index contributed by atoms with van der Waals surface area (Å²) in [6.07, 6.45) is -4.91. The van der Waals surface area contributed by atoms with Gasteiger partial charge in [-0.3, -0.25) is 9.48 Å². The molecular weight excluding hydrogens is 379 g/mol. The highest BCUT2D eigenvalue weighted by molar-refractivity contribution is 6.34. The number of nitrogens with zero attached hydrogens (tertiary/aromatic N) is 2. The van der Waals surface area contributed by atoms with E-state index in [9.17, 15) is 22.8 Å². The predicted molar refractivity (Wildman–Crippen MR) is 85.2 cm³/mol. The van der Waals surface area contributed by atoms with Crippen LogP contribution in [0, 0.1) is 0 Å². The van der Waals surface area contributed by atoms with Crippen LogP contribution in [0.1, 0.15) is 26.4 Å².